The van der Waals surface area contributed by atoms with Gasteiger partial charge in [0.25, 0.3) is 0 Å². The largest absolute Gasteiger partial charge is 3.00 e. The summed E-state index contributed by atoms with van der Waals surface area (Å²) in [5.41, 5.74) is 0. The molecule has 0 aromatic rings. The van der Waals surface area contributed by atoms with E-state index in [2.05, 4.69) is 57.2 Å². The van der Waals surface area contributed by atoms with Crippen LogP contribution in [0, 0.1) is 0 Å². The minimum atomic E-state index is -0.916. The molecule has 55 heavy (non-hydrogen) atoms. The van der Waals surface area contributed by atoms with E-state index in [4.69, 9.17) is 0 Å². The van der Waals surface area contributed by atoms with Crippen LogP contribution in [0.15, 0.2) is 36.5 Å². The van der Waals surface area contributed by atoms with E-state index >= 15 is 0 Å². The van der Waals surface area contributed by atoms with E-state index in [1.165, 1.54) is 154 Å². The molecule has 0 saturated carbocycles. The molecule has 0 aliphatic rings. The first-order valence-electron chi connectivity index (χ1n) is 22.9. The number of aliphatic carboxylic acids is 3. The molecule has 318 valence electrons. The quantitative estimate of drug-likeness (QED) is 0.0347. The van der Waals surface area contributed by atoms with E-state index in [9.17, 15) is 29.7 Å². The molecule has 0 unspecified atom stereocenters. The summed E-state index contributed by atoms with van der Waals surface area (Å²) in [6, 6.07) is 0. The molecule has 0 heterocycles. The van der Waals surface area contributed by atoms with Crippen molar-refractivity contribution in [3.8, 4) is 0 Å². The molecule has 0 aliphatic carbocycles. The molecule has 0 bridgehead atoms. The van der Waals surface area contributed by atoms with E-state index in [0.717, 1.165) is 57.8 Å². The van der Waals surface area contributed by atoms with E-state index in [1.54, 1.807) is 0 Å². The number of unbranched alkanes of at least 4 members (excludes halogenated alkanes) is 27. The van der Waals surface area contributed by atoms with Crippen molar-refractivity contribution in [3.63, 3.8) is 0 Å². The molecule has 6 nitrogen and oxygen atoms in total. The summed E-state index contributed by atoms with van der Waals surface area (Å²) in [6.45, 7) is 6.72. The molecule has 0 fully saturated rings. The maximum atomic E-state index is 10.2. The van der Waals surface area contributed by atoms with Crippen molar-refractivity contribution < 1.29 is 29.7 Å². The van der Waals surface area contributed by atoms with Crippen molar-refractivity contribution in [2.75, 3.05) is 0 Å². The molecule has 0 aromatic carbocycles. The van der Waals surface area contributed by atoms with Crippen LogP contribution in [-0.2, 0) is 14.4 Å². The van der Waals surface area contributed by atoms with Gasteiger partial charge in [0.15, 0.2) is 0 Å². The van der Waals surface area contributed by atoms with E-state index in [1.807, 2.05) is 0 Å². The summed E-state index contributed by atoms with van der Waals surface area (Å²) in [4.78, 5) is 30.5. The van der Waals surface area contributed by atoms with Gasteiger partial charge in [0, 0.05) is 17.9 Å². The molecule has 0 aromatic heterocycles. The second kappa shape index (κ2) is 56.5. The van der Waals surface area contributed by atoms with Gasteiger partial charge in [0.2, 0.25) is 0 Å². The molecule has 0 saturated heterocycles. The Bertz CT molecular complexity index is 744. The Kier molecular flexibility index (Phi) is 61.5. The third-order valence-electron chi connectivity index (χ3n) is 9.43. The number of hydrogen-bond donors (Lipinski definition) is 0. The smallest absolute Gasteiger partial charge is 0.550 e. The fourth-order valence-corrected chi connectivity index (χ4v) is 5.96. The van der Waals surface area contributed by atoms with Crippen molar-refractivity contribution in [2.24, 2.45) is 0 Å². The Morgan fingerprint density at radius 3 is 0.636 bits per heavy atom. The number of hydrogen-bond acceptors (Lipinski definition) is 6. The normalized spacial score (nSPS) is 11.0. The molecular weight excluding hydrogens is 700 g/mol. The van der Waals surface area contributed by atoms with Gasteiger partial charge in [-0.2, -0.15) is 0 Å². The molecule has 0 N–H and O–H groups in total. The maximum absolute atomic E-state index is 10.2. The Hall–Kier alpha value is -1.84. The van der Waals surface area contributed by atoms with Crippen LogP contribution in [0.2, 0.25) is 0 Å². The summed E-state index contributed by atoms with van der Waals surface area (Å²) in [6.07, 6.45) is 53.9. The van der Waals surface area contributed by atoms with Gasteiger partial charge in [0.1, 0.15) is 0 Å². The minimum Gasteiger partial charge on any atom is -0.550 e. The first kappa shape index (κ1) is 59.8. The van der Waals surface area contributed by atoms with Crippen molar-refractivity contribution >= 4 is 35.3 Å². The zero-order chi connectivity index (χ0) is 40.4. The predicted octanol–water partition coefficient (Wildman–Crippen LogP) is 11.6. The minimum absolute atomic E-state index is 0. The fourth-order valence-electron chi connectivity index (χ4n) is 5.96. The average Bonchev–Trinajstić information content (AvgIpc) is 3.14. The standard InChI is InChI=1S/3C16H30O2.Al/c3*1-2-3-4-5-6-7-8-9-10-11-12-13-14-15-16(17)18;/h3*7-8H,2-6,9-15H2,1H3,(H,17,18);/q;;;+3/p-3/b3*8-7-;. The van der Waals surface area contributed by atoms with Crippen molar-refractivity contribution in [1.82, 2.24) is 0 Å². The number of carboxylic acids is 3. The second-order valence-corrected chi connectivity index (χ2v) is 15.0. The summed E-state index contributed by atoms with van der Waals surface area (Å²) < 4.78 is 0. The molecule has 0 radical (unpaired) electrons. The number of carbonyl (C=O) groups excluding carboxylic acids is 3. The molecule has 0 aliphatic heterocycles. The first-order valence-corrected chi connectivity index (χ1v) is 22.9. The Morgan fingerprint density at radius 2 is 0.455 bits per heavy atom. The number of carbonyl (C=O) groups is 3. The van der Waals surface area contributed by atoms with Crippen LogP contribution in [0.3, 0.4) is 0 Å². The molecule has 7 heteroatoms. The Labute approximate surface area is 352 Å². The summed E-state index contributed by atoms with van der Waals surface area (Å²) in [5.74, 6) is -2.75. The van der Waals surface area contributed by atoms with Gasteiger partial charge < -0.3 is 29.7 Å². The van der Waals surface area contributed by atoms with Crippen LogP contribution < -0.4 is 15.3 Å². The maximum Gasteiger partial charge on any atom is 3.00 e. The zero-order valence-electron chi connectivity index (χ0n) is 36.4. The van der Waals surface area contributed by atoms with Crippen LogP contribution in [0.4, 0.5) is 0 Å². The number of allylic oxidation sites excluding steroid dienone is 6. The van der Waals surface area contributed by atoms with Gasteiger partial charge in [-0.3, -0.25) is 0 Å². The first-order chi connectivity index (χ1) is 26.3. The van der Waals surface area contributed by atoms with E-state index in [0.29, 0.717) is 0 Å². The third-order valence-corrected chi connectivity index (χ3v) is 9.43. The van der Waals surface area contributed by atoms with E-state index < -0.39 is 17.9 Å². The van der Waals surface area contributed by atoms with Crippen molar-refractivity contribution in [1.29, 1.82) is 0 Å². The molecule has 0 rings (SSSR count). The third kappa shape index (κ3) is 70.5. The Morgan fingerprint density at radius 1 is 0.291 bits per heavy atom. The van der Waals surface area contributed by atoms with Crippen molar-refractivity contribution in [2.45, 2.75) is 252 Å². The van der Waals surface area contributed by atoms with Gasteiger partial charge in [-0.1, -0.05) is 173 Å². The average molecular weight is 787 g/mol. The monoisotopic (exact) mass is 787 g/mol. The van der Waals surface area contributed by atoms with Crippen LogP contribution in [0.5, 0.6) is 0 Å². The van der Waals surface area contributed by atoms with Gasteiger partial charge >= 0.3 is 17.4 Å². The van der Waals surface area contributed by atoms with Crippen LogP contribution >= 0.6 is 0 Å². The van der Waals surface area contributed by atoms with Crippen LogP contribution in [-0.4, -0.2) is 35.3 Å². The zero-order valence-corrected chi connectivity index (χ0v) is 37.6. The van der Waals surface area contributed by atoms with Crippen LogP contribution in [0.1, 0.15) is 252 Å². The molecular formula is C48H87AlO6. The van der Waals surface area contributed by atoms with Gasteiger partial charge in [-0.25, -0.2) is 0 Å². The molecule has 0 atom stereocenters. The number of rotatable bonds is 39. The van der Waals surface area contributed by atoms with Crippen molar-refractivity contribution in [3.05, 3.63) is 36.5 Å². The predicted molar refractivity (Wildman–Crippen MR) is 231 cm³/mol. The van der Waals surface area contributed by atoms with E-state index in [-0.39, 0.29) is 36.6 Å². The van der Waals surface area contributed by atoms with Gasteiger partial charge in [-0.15, -0.1) is 0 Å². The summed E-state index contributed by atoms with van der Waals surface area (Å²) in [7, 11) is 0. The summed E-state index contributed by atoms with van der Waals surface area (Å²) in [5, 5.41) is 30.5. The Balaban J connectivity index is -0.000000351. The number of carboxylic acid groups (broad SMARTS) is 3. The SMILES string of the molecule is CCCCCC/C=C\CCCCCCCC(=O)[O-].CCCCCC/C=C\CCCCCCCC(=O)[O-].CCCCCC/C=C\CCCCCCCC(=O)[O-].[Al+3]. The molecule has 0 spiro atoms. The summed E-state index contributed by atoms with van der Waals surface area (Å²) >= 11 is 0. The van der Waals surface area contributed by atoms with Gasteiger partial charge in [-0.05, 0) is 116 Å². The second-order valence-electron chi connectivity index (χ2n) is 15.0. The molecule has 0 amide bonds. The van der Waals surface area contributed by atoms with Gasteiger partial charge in [0.05, 0.1) is 0 Å². The topological polar surface area (TPSA) is 120 Å². The van der Waals surface area contributed by atoms with Crippen LogP contribution in [0.25, 0.3) is 0 Å². The fraction of sp³-hybridized carbons (Fsp3) is 0.812.